The zero-order valence-electron chi connectivity index (χ0n) is 12.6. The molecular formula is C16H23N2O2S+. The SMILES string of the molecule is CC[NH+](CC)CCNS(=O)(=O)c1ccc2ccccc2c1. The van der Waals surface area contributed by atoms with E-state index in [1.54, 1.807) is 12.1 Å². The molecule has 2 rings (SSSR count). The normalized spacial score (nSPS) is 12.1. The van der Waals surface area contributed by atoms with Crippen molar-refractivity contribution in [1.82, 2.24) is 4.72 Å². The summed E-state index contributed by atoms with van der Waals surface area (Å²) in [5, 5.41) is 1.98. The largest absolute Gasteiger partial charge is 0.334 e. The molecule has 0 aliphatic heterocycles. The molecule has 21 heavy (non-hydrogen) atoms. The Hall–Kier alpha value is -1.43. The number of sulfonamides is 1. The first-order chi connectivity index (χ1) is 10.1. The molecule has 2 aromatic carbocycles. The Bertz CT molecular complexity index is 694. The summed E-state index contributed by atoms with van der Waals surface area (Å²) in [6, 6.07) is 13.0. The molecule has 0 aliphatic rings. The zero-order valence-corrected chi connectivity index (χ0v) is 13.4. The van der Waals surface area contributed by atoms with Crippen LogP contribution in [0, 0.1) is 0 Å². The molecule has 114 valence electrons. The van der Waals surface area contributed by atoms with E-state index in [1.165, 1.54) is 4.90 Å². The van der Waals surface area contributed by atoms with Crippen molar-refractivity contribution in [2.45, 2.75) is 18.7 Å². The van der Waals surface area contributed by atoms with Crippen LogP contribution in [0.1, 0.15) is 13.8 Å². The van der Waals surface area contributed by atoms with Crippen LogP contribution in [0.4, 0.5) is 0 Å². The highest BCUT2D eigenvalue weighted by molar-refractivity contribution is 7.89. The van der Waals surface area contributed by atoms with Crippen LogP contribution in [0.3, 0.4) is 0 Å². The molecule has 0 amide bonds. The van der Waals surface area contributed by atoms with E-state index in [0.717, 1.165) is 30.4 Å². The van der Waals surface area contributed by atoms with Crippen LogP contribution in [0.2, 0.25) is 0 Å². The van der Waals surface area contributed by atoms with Crippen molar-refractivity contribution in [3.05, 3.63) is 42.5 Å². The van der Waals surface area contributed by atoms with Crippen molar-refractivity contribution in [2.24, 2.45) is 0 Å². The van der Waals surface area contributed by atoms with Crippen LogP contribution < -0.4 is 9.62 Å². The van der Waals surface area contributed by atoms with Gasteiger partial charge in [-0.05, 0) is 36.8 Å². The number of rotatable bonds is 7. The number of nitrogens with one attached hydrogen (secondary N) is 2. The highest BCUT2D eigenvalue weighted by Crippen LogP contribution is 2.18. The number of hydrogen-bond donors (Lipinski definition) is 2. The van der Waals surface area contributed by atoms with Gasteiger partial charge in [-0.1, -0.05) is 30.3 Å². The van der Waals surface area contributed by atoms with Crippen LogP contribution in [-0.2, 0) is 10.0 Å². The van der Waals surface area contributed by atoms with Crippen LogP contribution >= 0.6 is 0 Å². The Balaban J connectivity index is 2.10. The third-order valence-corrected chi connectivity index (χ3v) is 5.26. The quantitative estimate of drug-likeness (QED) is 0.803. The van der Waals surface area contributed by atoms with E-state index in [0.29, 0.717) is 11.4 Å². The zero-order chi connectivity index (χ0) is 15.3. The number of likely N-dealkylation sites (N-methyl/N-ethyl adjacent to an activating group) is 1. The van der Waals surface area contributed by atoms with Crippen LogP contribution in [0.25, 0.3) is 10.8 Å². The van der Waals surface area contributed by atoms with Gasteiger partial charge in [0.25, 0.3) is 0 Å². The van der Waals surface area contributed by atoms with Gasteiger partial charge in [-0.15, -0.1) is 0 Å². The maximum absolute atomic E-state index is 12.3. The minimum absolute atomic E-state index is 0.329. The van der Waals surface area contributed by atoms with Gasteiger partial charge >= 0.3 is 0 Å². The van der Waals surface area contributed by atoms with Gasteiger partial charge in [0.15, 0.2) is 0 Å². The summed E-state index contributed by atoms with van der Waals surface area (Å²) < 4.78 is 27.3. The van der Waals surface area contributed by atoms with Gasteiger partial charge < -0.3 is 4.90 Å². The summed E-state index contributed by atoms with van der Waals surface area (Å²) >= 11 is 0. The first-order valence-electron chi connectivity index (χ1n) is 7.39. The Morgan fingerprint density at radius 3 is 2.33 bits per heavy atom. The molecule has 0 spiro atoms. The first kappa shape index (κ1) is 15.9. The molecule has 0 aromatic heterocycles. The molecule has 0 fully saturated rings. The fraction of sp³-hybridized carbons (Fsp3) is 0.375. The van der Waals surface area contributed by atoms with Crippen molar-refractivity contribution >= 4 is 20.8 Å². The molecular weight excluding hydrogens is 284 g/mol. The van der Waals surface area contributed by atoms with E-state index < -0.39 is 10.0 Å². The first-order valence-corrected chi connectivity index (χ1v) is 8.87. The lowest BCUT2D eigenvalue weighted by atomic mass is 10.1. The second-order valence-corrected chi connectivity index (χ2v) is 6.88. The van der Waals surface area contributed by atoms with E-state index in [4.69, 9.17) is 0 Å². The fourth-order valence-electron chi connectivity index (χ4n) is 2.38. The molecule has 0 radical (unpaired) electrons. The number of quaternary nitrogens is 1. The molecule has 0 atom stereocenters. The van der Waals surface area contributed by atoms with Crippen molar-refractivity contribution in [3.8, 4) is 0 Å². The van der Waals surface area contributed by atoms with Crippen molar-refractivity contribution in [2.75, 3.05) is 26.2 Å². The number of fused-ring (bicyclic) bond motifs is 1. The van der Waals surface area contributed by atoms with Gasteiger partial charge in [0, 0.05) is 0 Å². The molecule has 0 heterocycles. The van der Waals surface area contributed by atoms with Gasteiger partial charge in [0.1, 0.15) is 0 Å². The third-order valence-electron chi connectivity index (χ3n) is 3.80. The van der Waals surface area contributed by atoms with Crippen molar-refractivity contribution in [1.29, 1.82) is 0 Å². The monoisotopic (exact) mass is 307 g/mol. The molecule has 0 aliphatic carbocycles. The van der Waals surface area contributed by atoms with E-state index in [-0.39, 0.29) is 0 Å². The van der Waals surface area contributed by atoms with Gasteiger partial charge in [0.2, 0.25) is 10.0 Å². The average Bonchev–Trinajstić information content (AvgIpc) is 2.51. The Morgan fingerprint density at radius 1 is 1.00 bits per heavy atom. The lowest BCUT2D eigenvalue weighted by Gasteiger charge is -2.15. The number of benzene rings is 2. The summed E-state index contributed by atoms with van der Waals surface area (Å²) in [6.07, 6.45) is 0. The molecule has 0 saturated carbocycles. The summed E-state index contributed by atoms with van der Waals surface area (Å²) in [5.41, 5.74) is 0. The fourth-order valence-corrected chi connectivity index (χ4v) is 3.45. The summed E-state index contributed by atoms with van der Waals surface area (Å²) in [4.78, 5) is 1.71. The van der Waals surface area contributed by atoms with E-state index in [2.05, 4.69) is 18.6 Å². The Morgan fingerprint density at radius 2 is 1.67 bits per heavy atom. The maximum Gasteiger partial charge on any atom is 0.240 e. The van der Waals surface area contributed by atoms with E-state index in [9.17, 15) is 8.42 Å². The molecule has 2 aromatic rings. The predicted octanol–water partition coefficient (Wildman–Crippen LogP) is 1.04. The molecule has 0 unspecified atom stereocenters. The van der Waals surface area contributed by atoms with Gasteiger partial charge in [-0.25, -0.2) is 13.1 Å². The summed E-state index contributed by atoms with van der Waals surface area (Å²) in [7, 11) is -3.43. The smallest absolute Gasteiger partial charge is 0.240 e. The standard InChI is InChI=1S/C16H22N2O2S/c1-3-18(4-2)12-11-17-21(19,20)16-10-9-14-7-5-6-8-15(14)13-16/h5-10,13,17H,3-4,11-12H2,1-2H3/p+1. The van der Waals surface area contributed by atoms with Gasteiger partial charge in [-0.3, -0.25) is 0 Å². The van der Waals surface area contributed by atoms with Crippen molar-refractivity contribution in [3.63, 3.8) is 0 Å². The Labute approximate surface area is 126 Å². The molecule has 0 saturated heterocycles. The average molecular weight is 307 g/mol. The van der Waals surface area contributed by atoms with E-state index >= 15 is 0 Å². The van der Waals surface area contributed by atoms with Crippen LogP contribution in [0.5, 0.6) is 0 Å². The maximum atomic E-state index is 12.3. The minimum Gasteiger partial charge on any atom is -0.334 e. The topological polar surface area (TPSA) is 50.6 Å². The highest BCUT2D eigenvalue weighted by Gasteiger charge is 2.14. The number of hydrogen-bond acceptors (Lipinski definition) is 2. The second-order valence-electron chi connectivity index (χ2n) is 5.11. The molecule has 4 nitrogen and oxygen atoms in total. The molecule has 5 heteroatoms. The molecule has 0 bridgehead atoms. The summed E-state index contributed by atoms with van der Waals surface area (Å²) in [6.45, 7) is 7.50. The van der Waals surface area contributed by atoms with Crippen LogP contribution in [0.15, 0.2) is 47.4 Å². The van der Waals surface area contributed by atoms with Gasteiger partial charge in [0.05, 0.1) is 31.1 Å². The second kappa shape index (κ2) is 7.02. The lowest BCUT2D eigenvalue weighted by molar-refractivity contribution is -0.895. The third kappa shape index (κ3) is 4.03. The lowest BCUT2D eigenvalue weighted by Crippen LogP contribution is -3.12. The van der Waals surface area contributed by atoms with Gasteiger partial charge in [-0.2, -0.15) is 0 Å². The van der Waals surface area contributed by atoms with E-state index in [1.807, 2.05) is 30.3 Å². The van der Waals surface area contributed by atoms with Crippen LogP contribution in [-0.4, -0.2) is 34.6 Å². The minimum atomic E-state index is -3.43. The Kier molecular flexibility index (Phi) is 5.33. The van der Waals surface area contributed by atoms with Crippen molar-refractivity contribution < 1.29 is 13.3 Å². The predicted molar refractivity (Wildman–Crippen MR) is 86.0 cm³/mol. The summed E-state index contributed by atoms with van der Waals surface area (Å²) in [5.74, 6) is 0. The molecule has 2 N–H and O–H groups in total. The highest BCUT2D eigenvalue weighted by atomic mass is 32.2.